The van der Waals surface area contributed by atoms with E-state index in [2.05, 4.69) is 26.5 Å². The minimum absolute atomic E-state index is 0.0237. The molecule has 73 heavy (non-hydrogen) atoms. The first kappa shape index (κ1) is 62.1. The van der Waals surface area contributed by atoms with E-state index < -0.39 is 84.6 Å². The largest absolute Gasteiger partial charge is 0.460 e. The molecule has 414 valence electrons. The van der Waals surface area contributed by atoms with Gasteiger partial charge in [0.05, 0.1) is 50.8 Å². The molecule has 2 bridgehead atoms. The number of nitrogens with zero attached hydrogens (tertiary/aromatic N) is 1. The van der Waals surface area contributed by atoms with Crippen LogP contribution in [-0.4, -0.2) is 164 Å². The number of Topliss-reactive ketones (excluding diaryl/α,β-unsaturated/α-hetero) is 2. The van der Waals surface area contributed by atoms with Crippen molar-refractivity contribution in [3.8, 4) is 0 Å². The van der Waals surface area contributed by atoms with Crippen LogP contribution in [0.25, 0.3) is 0 Å². The van der Waals surface area contributed by atoms with E-state index in [1.165, 1.54) is 12.0 Å². The average Bonchev–Trinajstić information content (AvgIpc) is 3.37. The maximum Gasteiger partial charge on any atom is 0.329 e. The summed E-state index contributed by atoms with van der Waals surface area (Å²) in [6.45, 7) is 17.8. The van der Waals surface area contributed by atoms with Gasteiger partial charge in [-0.25, -0.2) is 4.79 Å². The highest BCUT2D eigenvalue weighted by Gasteiger charge is 2.53. The first-order valence-corrected chi connectivity index (χ1v) is 26.8. The second-order valence-electron chi connectivity index (χ2n) is 21.5. The van der Waals surface area contributed by atoms with Gasteiger partial charge in [-0.15, -0.1) is 0 Å². The molecule has 3 heterocycles. The van der Waals surface area contributed by atoms with Crippen molar-refractivity contribution < 1.29 is 72.8 Å². The number of amides is 1. The van der Waals surface area contributed by atoms with Crippen molar-refractivity contribution in [2.45, 2.75) is 186 Å². The smallest absolute Gasteiger partial charge is 0.329 e. The molecule has 0 radical (unpaired) electrons. The predicted molar refractivity (Wildman–Crippen MR) is 277 cm³/mol. The molecule has 16 nitrogen and oxygen atoms in total. The summed E-state index contributed by atoms with van der Waals surface area (Å²) in [6.07, 6.45) is 11.8. The number of cyclic esters (lactones) is 1. The second-order valence-corrected chi connectivity index (χ2v) is 21.5. The lowest BCUT2D eigenvalue weighted by atomic mass is 9.78. The number of carbonyl (C=O) groups excluding carboxylic acids is 4. The molecule has 2 saturated heterocycles. The van der Waals surface area contributed by atoms with Gasteiger partial charge in [-0.05, 0) is 118 Å². The fraction of sp³-hybridized carbons (Fsp3) is 0.754. The maximum absolute atomic E-state index is 14.6. The van der Waals surface area contributed by atoms with Crippen LogP contribution in [0.2, 0.25) is 0 Å². The van der Waals surface area contributed by atoms with Gasteiger partial charge in [-0.2, -0.15) is 0 Å². The highest BCUT2D eigenvalue weighted by Crippen LogP contribution is 2.38. The van der Waals surface area contributed by atoms with E-state index in [0.29, 0.717) is 70.2 Å². The van der Waals surface area contributed by atoms with Crippen molar-refractivity contribution in [3.05, 3.63) is 59.8 Å². The van der Waals surface area contributed by atoms with E-state index in [1.807, 2.05) is 38.2 Å². The number of methoxy groups -OCH3 is 3. The van der Waals surface area contributed by atoms with Crippen molar-refractivity contribution >= 4 is 23.4 Å². The highest BCUT2D eigenvalue weighted by atomic mass is 16.6. The average molecular weight is 1030 g/mol. The van der Waals surface area contributed by atoms with Crippen LogP contribution in [0.5, 0.6) is 0 Å². The van der Waals surface area contributed by atoms with Gasteiger partial charge in [0.2, 0.25) is 5.79 Å². The molecule has 0 spiro atoms. The minimum atomic E-state index is -2.46. The summed E-state index contributed by atoms with van der Waals surface area (Å²) in [5, 5.41) is 43.0. The molecule has 1 saturated carbocycles. The monoisotopic (exact) mass is 1030 g/mol. The van der Waals surface area contributed by atoms with Crippen molar-refractivity contribution in [1.82, 2.24) is 4.90 Å². The van der Waals surface area contributed by atoms with Crippen LogP contribution in [0.15, 0.2) is 59.8 Å². The van der Waals surface area contributed by atoms with E-state index in [0.717, 1.165) is 24.0 Å². The summed E-state index contributed by atoms with van der Waals surface area (Å²) < 4.78 is 41.8. The van der Waals surface area contributed by atoms with E-state index in [4.69, 9.17) is 33.2 Å². The van der Waals surface area contributed by atoms with Crippen LogP contribution in [-0.2, 0) is 52.3 Å². The lowest BCUT2D eigenvalue weighted by Crippen LogP contribution is -2.61. The molecule has 0 aromatic rings. The Morgan fingerprint density at radius 3 is 2.30 bits per heavy atom. The van der Waals surface area contributed by atoms with Gasteiger partial charge in [-0.3, -0.25) is 14.4 Å². The fourth-order valence-corrected chi connectivity index (χ4v) is 10.9. The highest BCUT2D eigenvalue weighted by molar-refractivity contribution is 6.39. The lowest BCUT2D eigenvalue weighted by Gasteiger charge is -2.43. The van der Waals surface area contributed by atoms with Gasteiger partial charge in [0, 0.05) is 52.6 Å². The molecule has 1 aliphatic carbocycles. The van der Waals surface area contributed by atoms with Crippen LogP contribution in [0.3, 0.4) is 0 Å². The molecule has 4 rings (SSSR count). The number of esters is 1. The molecule has 3 aliphatic heterocycles. The lowest BCUT2D eigenvalue weighted by molar-refractivity contribution is -0.266. The molecule has 3 fully saturated rings. The van der Waals surface area contributed by atoms with E-state index in [1.54, 1.807) is 41.1 Å². The first-order chi connectivity index (χ1) is 34.7. The number of hydrogen-bond acceptors (Lipinski definition) is 15. The molecule has 4 N–H and O–H groups in total. The summed E-state index contributed by atoms with van der Waals surface area (Å²) in [7, 11) is 4.72. The number of fused-ring (bicyclic) bond motifs is 3. The Balaban J connectivity index is 1.71. The number of aliphatic hydroxyl groups excluding tert-OH is 3. The Kier molecular flexibility index (Phi) is 25.8. The molecule has 16 atom stereocenters. The van der Waals surface area contributed by atoms with E-state index in [-0.39, 0.29) is 67.7 Å². The van der Waals surface area contributed by atoms with Gasteiger partial charge < -0.3 is 58.5 Å². The number of allylic oxidation sites excluding steroid dienone is 6. The van der Waals surface area contributed by atoms with Crippen molar-refractivity contribution in [2.24, 2.45) is 35.5 Å². The van der Waals surface area contributed by atoms with Crippen LogP contribution >= 0.6 is 0 Å². The number of hydrogen-bond donors (Lipinski definition) is 4. The van der Waals surface area contributed by atoms with Gasteiger partial charge in [0.15, 0.2) is 0 Å². The Bertz CT molecular complexity index is 1910. The van der Waals surface area contributed by atoms with Crippen molar-refractivity contribution in [1.29, 1.82) is 0 Å². The Labute approximate surface area is 435 Å². The van der Waals surface area contributed by atoms with Gasteiger partial charge in [-0.1, -0.05) is 77.7 Å². The van der Waals surface area contributed by atoms with Crippen LogP contribution in [0, 0.1) is 35.5 Å². The molecule has 0 aromatic carbocycles. The third-order valence-electron chi connectivity index (χ3n) is 15.7. The van der Waals surface area contributed by atoms with E-state index >= 15 is 0 Å². The number of rotatable bonds is 13. The van der Waals surface area contributed by atoms with Crippen LogP contribution in [0.1, 0.15) is 126 Å². The topological polar surface area (TPSA) is 217 Å². The quantitative estimate of drug-likeness (QED) is 0.0665. The Morgan fingerprint density at radius 2 is 1.62 bits per heavy atom. The van der Waals surface area contributed by atoms with Crippen molar-refractivity contribution in [2.75, 3.05) is 54.3 Å². The third kappa shape index (κ3) is 17.8. The maximum atomic E-state index is 14.6. The Hall–Kier alpha value is -3.42. The van der Waals surface area contributed by atoms with Crippen LogP contribution < -0.4 is 0 Å². The van der Waals surface area contributed by atoms with E-state index in [9.17, 15) is 39.6 Å². The summed E-state index contributed by atoms with van der Waals surface area (Å²) in [6, 6.07) is -1.16. The molecule has 1 unspecified atom stereocenters. The summed E-state index contributed by atoms with van der Waals surface area (Å²) in [5.74, 6) is -7.16. The molecule has 1 amide bonds. The zero-order chi connectivity index (χ0) is 54.0. The predicted octanol–water partition coefficient (Wildman–Crippen LogP) is 6.56. The number of piperidine rings is 1. The van der Waals surface area contributed by atoms with Crippen molar-refractivity contribution in [3.63, 3.8) is 0 Å². The molecular formula is C57H91NO15. The zero-order valence-electron chi connectivity index (χ0n) is 45.6. The number of ketones is 2. The summed E-state index contributed by atoms with van der Waals surface area (Å²) >= 11 is 0. The van der Waals surface area contributed by atoms with Gasteiger partial charge in [0.25, 0.3) is 11.7 Å². The first-order valence-electron chi connectivity index (χ1n) is 26.8. The normalized spacial score (nSPS) is 37.8. The van der Waals surface area contributed by atoms with Crippen LogP contribution in [0.4, 0.5) is 0 Å². The second kappa shape index (κ2) is 30.4. The molecule has 0 aromatic heterocycles. The fourth-order valence-electron chi connectivity index (χ4n) is 10.9. The molecular weight excluding hydrogens is 939 g/mol. The molecule has 4 aliphatic rings. The Morgan fingerprint density at radius 1 is 0.877 bits per heavy atom. The summed E-state index contributed by atoms with van der Waals surface area (Å²) in [5.41, 5.74) is 2.14. The number of carbonyl (C=O) groups is 4. The molecule has 16 heteroatoms. The van der Waals surface area contributed by atoms with Gasteiger partial charge in [0.1, 0.15) is 36.2 Å². The third-order valence-corrected chi connectivity index (χ3v) is 15.7. The minimum Gasteiger partial charge on any atom is -0.460 e. The standard InChI is InChI=1S/C57H91NO15/c1-35-17-13-12-14-18-36(2)49(70-26-25-67-9)31-45-22-20-41(7)57(66,73-45)54(63)55(64)58-24-16-15-19-46(58)56(65)72-50(39(5)29-43-21-23-48(51(30-43)68-10)71-34-44(60)33-59)32-47(61)38(4)28-40(6)52(62)53(69-11)42(8)37(3)27-35/h12-14,17-18,28,35,37-39,41,43-46,48-53,59-60,62,66H,8,15-16,19-27,29-34H2,1-7,9-11H3/b14-12+,17-13+,36-18+,40-28+/t35-,37-,38-,39-,41-,43+,44-,45+,46+,48-,49?,50+,51-,52-,53+,57-/m1/s1. The van der Waals surface area contributed by atoms with Gasteiger partial charge >= 0.3 is 5.97 Å². The summed E-state index contributed by atoms with van der Waals surface area (Å²) in [4.78, 5) is 59.0. The number of ether oxygens (including phenoxy) is 7. The number of aliphatic hydroxyl groups is 4. The SMILES string of the molecule is C=C1[C@H](C)C[C@H](C)/C=C/C=C/C=C(\C)C(OCCOC)C[C@@H]2CC[C@@H](C)[C@@](O)(O2)C(=O)C(=O)N2CCCC[C@H]2C(=O)O[C@H]([C@H](C)C[C@@H]2CC[C@@H](OC[C@H](O)CO)[C@H](OC)C2)CC(=O)[C@H](C)/C=C(\C)[C@@H](O)[C@H]1OC. The zero-order valence-corrected chi connectivity index (χ0v) is 45.6.